The SMILES string of the molecule is C[C@@H](c1ccc(-c2cc[nH]c(=O)c2)cc1)N1CCC(CCCO)(c2ccccc2)OC1=O. The number of hydrogen-bond donors (Lipinski definition) is 2. The average molecular weight is 433 g/mol. The molecule has 0 spiro atoms. The van der Waals surface area contributed by atoms with Gasteiger partial charge in [0.15, 0.2) is 0 Å². The van der Waals surface area contributed by atoms with Crippen molar-refractivity contribution in [2.45, 2.75) is 37.8 Å². The number of H-pyrrole nitrogens is 1. The van der Waals surface area contributed by atoms with E-state index in [1.165, 1.54) is 0 Å². The molecule has 2 heterocycles. The Balaban J connectivity index is 1.51. The maximum atomic E-state index is 13.1. The van der Waals surface area contributed by atoms with Crippen LogP contribution in [-0.2, 0) is 10.3 Å². The summed E-state index contributed by atoms with van der Waals surface area (Å²) >= 11 is 0. The van der Waals surface area contributed by atoms with Gasteiger partial charge in [-0.3, -0.25) is 4.79 Å². The Morgan fingerprint density at radius 1 is 1.06 bits per heavy atom. The van der Waals surface area contributed by atoms with E-state index in [0.717, 1.165) is 22.3 Å². The first-order valence-electron chi connectivity index (χ1n) is 11.0. The molecule has 32 heavy (non-hydrogen) atoms. The highest BCUT2D eigenvalue weighted by molar-refractivity contribution is 5.70. The monoisotopic (exact) mass is 432 g/mol. The van der Waals surface area contributed by atoms with Crippen molar-refractivity contribution in [1.82, 2.24) is 9.88 Å². The van der Waals surface area contributed by atoms with Crippen LogP contribution in [0.2, 0.25) is 0 Å². The van der Waals surface area contributed by atoms with Crippen LogP contribution in [0.4, 0.5) is 4.79 Å². The number of rotatable bonds is 7. The van der Waals surface area contributed by atoms with Crippen molar-refractivity contribution in [3.05, 3.63) is 94.4 Å². The summed E-state index contributed by atoms with van der Waals surface area (Å²) in [7, 11) is 0. The summed E-state index contributed by atoms with van der Waals surface area (Å²) in [6.45, 7) is 2.62. The zero-order valence-corrected chi connectivity index (χ0v) is 18.2. The minimum Gasteiger partial charge on any atom is -0.438 e. The lowest BCUT2D eigenvalue weighted by Crippen LogP contribution is -2.48. The minimum absolute atomic E-state index is 0.0614. The van der Waals surface area contributed by atoms with E-state index >= 15 is 0 Å². The van der Waals surface area contributed by atoms with Gasteiger partial charge in [0.05, 0.1) is 6.04 Å². The number of aromatic amines is 1. The van der Waals surface area contributed by atoms with Crippen molar-refractivity contribution in [1.29, 1.82) is 0 Å². The maximum absolute atomic E-state index is 13.1. The Morgan fingerprint density at radius 2 is 1.81 bits per heavy atom. The lowest BCUT2D eigenvalue weighted by Gasteiger charge is -2.43. The van der Waals surface area contributed by atoms with Crippen LogP contribution in [0, 0.1) is 0 Å². The van der Waals surface area contributed by atoms with Crippen molar-refractivity contribution in [2.24, 2.45) is 0 Å². The molecule has 6 heteroatoms. The topological polar surface area (TPSA) is 82.6 Å². The number of aromatic nitrogens is 1. The molecule has 1 aromatic heterocycles. The van der Waals surface area contributed by atoms with Crippen molar-refractivity contribution < 1.29 is 14.6 Å². The number of aliphatic hydroxyl groups is 1. The number of benzene rings is 2. The third kappa shape index (κ3) is 4.46. The number of cyclic esters (lactones) is 1. The second-order valence-corrected chi connectivity index (χ2v) is 8.24. The second-order valence-electron chi connectivity index (χ2n) is 8.24. The highest BCUT2D eigenvalue weighted by Crippen LogP contribution is 2.40. The molecule has 0 radical (unpaired) electrons. The molecular weight excluding hydrogens is 404 g/mol. The fraction of sp³-hybridized carbons (Fsp3) is 0.308. The number of hydrogen-bond acceptors (Lipinski definition) is 4. The van der Waals surface area contributed by atoms with Crippen molar-refractivity contribution in [3.8, 4) is 11.1 Å². The van der Waals surface area contributed by atoms with Gasteiger partial charge in [0.1, 0.15) is 5.60 Å². The van der Waals surface area contributed by atoms with E-state index in [2.05, 4.69) is 4.98 Å². The summed E-state index contributed by atoms with van der Waals surface area (Å²) in [6, 6.07) is 21.0. The molecule has 2 atom stereocenters. The van der Waals surface area contributed by atoms with E-state index in [4.69, 9.17) is 4.74 Å². The Morgan fingerprint density at radius 3 is 2.47 bits per heavy atom. The molecule has 2 N–H and O–H groups in total. The van der Waals surface area contributed by atoms with Crippen molar-refractivity contribution in [3.63, 3.8) is 0 Å². The number of amides is 1. The quantitative estimate of drug-likeness (QED) is 0.571. The zero-order valence-electron chi connectivity index (χ0n) is 18.2. The molecule has 0 aliphatic carbocycles. The number of aliphatic hydroxyl groups excluding tert-OH is 1. The van der Waals surface area contributed by atoms with Crippen molar-refractivity contribution >= 4 is 6.09 Å². The third-order valence-corrected chi connectivity index (χ3v) is 6.28. The summed E-state index contributed by atoms with van der Waals surface area (Å²) in [5, 5.41) is 9.36. The van der Waals surface area contributed by atoms with Gasteiger partial charge in [0, 0.05) is 31.8 Å². The largest absolute Gasteiger partial charge is 0.438 e. The van der Waals surface area contributed by atoms with Crippen LogP contribution in [-0.4, -0.2) is 34.2 Å². The number of nitrogens with one attached hydrogen (secondary N) is 1. The first-order chi connectivity index (χ1) is 15.5. The Kier molecular flexibility index (Phi) is 6.42. The zero-order chi connectivity index (χ0) is 22.6. The molecule has 1 fully saturated rings. The van der Waals surface area contributed by atoms with Crippen LogP contribution < -0.4 is 5.56 Å². The number of carbonyl (C=O) groups excluding carboxylic acids is 1. The predicted octanol–water partition coefficient (Wildman–Crippen LogP) is 4.61. The Hall–Kier alpha value is -3.38. The van der Waals surface area contributed by atoms with Crippen LogP contribution in [0.25, 0.3) is 11.1 Å². The summed E-state index contributed by atoms with van der Waals surface area (Å²) < 4.78 is 6.06. The van der Waals surface area contributed by atoms with E-state index in [0.29, 0.717) is 25.8 Å². The summed E-state index contributed by atoms with van der Waals surface area (Å²) in [4.78, 5) is 29.0. The molecule has 0 bridgehead atoms. The molecule has 1 aliphatic heterocycles. The number of pyridine rings is 1. The van der Waals surface area contributed by atoms with E-state index in [1.807, 2.05) is 67.6 Å². The summed E-state index contributed by atoms with van der Waals surface area (Å²) in [5.41, 5.74) is 2.91. The van der Waals surface area contributed by atoms with Gasteiger partial charge < -0.3 is 19.7 Å². The molecule has 4 rings (SSSR count). The fourth-order valence-electron chi connectivity index (χ4n) is 4.41. The molecule has 0 saturated carbocycles. The smallest absolute Gasteiger partial charge is 0.411 e. The van der Waals surface area contributed by atoms with Crippen LogP contribution >= 0.6 is 0 Å². The highest BCUT2D eigenvalue weighted by atomic mass is 16.6. The lowest BCUT2D eigenvalue weighted by molar-refractivity contribution is -0.0680. The van der Waals surface area contributed by atoms with Crippen LogP contribution in [0.1, 0.15) is 43.4 Å². The molecule has 6 nitrogen and oxygen atoms in total. The molecule has 1 amide bonds. The van der Waals surface area contributed by atoms with E-state index < -0.39 is 5.60 Å². The average Bonchev–Trinajstić information content (AvgIpc) is 2.83. The van der Waals surface area contributed by atoms with Crippen LogP contribution in [0.3, 0.4) is 0 Å². The van der Waals surface area contributed by atoms with Gasteiger partial charge >= 0.3 is 6.09 Å². The van der Waals surface area contributed by atoms with Crippen LogP contribution in [0.15, 0.2) is 77.7 Å². The second kappa shape index (κ2) is 9.40. The molecule has 166 valence electrons. The number of ether oxygens (including phenoxy) is 1. The van der Waals surface area contributed by atoms with E-state index in [1.54, 1.807) is 17.2 Å². The predicted molar refractivity (Wildman–Crippen MR) is 123 cm³/mol. The maximum Gasteiger partial charge on any atom is 0.411 e. The Labute approximate surface area is 187 Å². The minimum atomic E-state index is -0.707. The molecule has 1 unspecified atom stereocenters. The standard InChI is InChI=1S/C26H28N2O4/c1-19(20-8-10-21(11-9-20)22-12-15-27-24(30)18-22)28-16-14-26(13-5-17-29,32-25(28)31)23-6-3-2-4-7-23/h2-4,6-12,15,18-19,29H,5,13-14,16-17H2,1H3,(H,27,30)/t19-,26?/m0/s1. The van der Waals surface area contributed by atoms with Gasteiger partial charge in [-0.25, -0.2) is 4.79 Å². The summed E-state index contributed by atoms with van der Waals surface area (Å²) in [5.74, 6) is 0. The molecule has 1 aliphatic rings. The fourth-order valence-corrected chi connectivity index (χ4v) is 4.41. The van der Waals surface area contributed by atoms with E-state index in [-0.39, 0.29) is 24.3 Å². The van der Waals surface area contributed by atoms with Gasteiger partial charge in [-0.1, -0.05) is 54.6 Å². The van der Waals surface area contributed by atoms with Gasteiger partial charge in [-0.2, -0.15) is 0 Å². The first-order valence-corrected chi connectivity index (χ1v) is 11.0. The summed E-state index contributed by atoms with van der Waals surface area (Å²) in [6.07, 6.45) is 3.11. The molecule has 3 aromatic rings. The lowest BCUT2D eigenvalue weighted by atomic mass is 9.84. The molecule has 2 aromatic carbocycles. The van der Waals surface area contributed by atoms with Gasteiger partial charge in [0.25, 0.3) is 0 Å². The van der Waals surface area contributed by atoms with Gasteiger partial charge in [0.2, 0.25) is 5.56 Å². The number of nitrogens with zero attached hydrogens (tertiary/aromatic N) is 1. The third-order valence-electron chi connectivity index (χ3n) is 6.28. The number of carbonyl (C=O) groups is 1. The van der Waals surface area contributed by atoms with Gasteiger partial charge in [-0.15, -0.1) is 0 Å². The Bertz CT molecular complexity index is 1110. The normalized spacial score (nSPS) is 19.4. The van der Waals surface area contributed by atoms with Crippen LogP contribution in [0.5, 0.6) is 0 Å². The van der Waals surface area contributed by atoms with Crippen molar-refractivity contribution in [2.75, 3.05) is 13.2 Å². The molecule has 1 saturated heterocycles. The van der Waals surface area contributed by atoms with Gasteiger partial charge in [-0.05, 0) is 48.1 Å². The van der Waals surface area contributed by atoms with E-state index in [9.17, 15) is 14.7 Å². The highest BCUT2D eigenvalue weighted by Gasteiger charge is 2.43. The molecular formula is C26H28N2O4. The first kappa shape index (κ1) is 21.8.